The zero-order valence-electron chi connectivity index (χ0n) is 9.20. The number of ether oxygens (including phenoxy) is 1. The van der Waals surface area contributed by atoms with Gasteiger partial charge in [-0.3, -0.25) is 4.98 Å². The van der Waals surface area contributed by atoms with E-state index < -0.39 is 0 Å². The van der Waals surface area contributed by atoms with E-state index in [2.05, 4.69) is 10.3 Å². The summed E-state index contributed by atoms with van der Waals surface area (Å²) < 4.78 is 5.77. The first-order valence-corrected chi connectivity index (χ1v) is 5.61. The van der Waals surface area contributed by atoms with E-state index in [4.69, 9.17) is 4.74 Å². The standard InChI is InChI=1S/C12H18N2O/c1-10-12(5-3-7-14-10)15-9-11-4-2-6-13-8-11/h3,5,7,11,13H,2,4,6,8-9H2,1H3/t11-/m0/s1. The molecule has 1 aromatic heterocycles. The summed E-state index contributed by atoms with van der Waals surface area (Å²) in [6.45, 7) is 5.02. The Morgan fingerprint density at radius 1 is 1.60 bits per heavy atom. The van der Waals surface area contributed by atoms with E-state index in [9.17, 15) is 0 Å². The van der Waals surface area contributed by atoms with Crippen molar-refractivity contribution >= 4 is 0 Å². The molecule has 1 fully saturated rings. The number of nitrogens with zero attached hydrogens (tertiary/aromatic N) is 1. The fraction of sp³-hybridized carbons (Fsp3) is 0.583. The fourth-order valence-electron chi connectivity index (χ4n) is 1.90. The Kier molecular flexibility index (Phi) is 3.56. The number of rotatable bonds is 3. The molecule has 1 saturated heterocycles. The SMILES string of the molecule is Cc1ncccc1OC[C@H]1CCCNC1. The Hall–Kier alpha value is -1.09. The van der Waals surface area contributed by atoms with E-state index in [0.717, 1.165) is 31.1 Å². The summed E-state index contributed by atoms with van der Waals surface area (Å²) in [4.78, 5) is 4.20. The summed E-state index contributed by atoms with van der Waals surface area (Å²) in [6.07, 6.45) is 4.33. The van der Waals surface area contributed by atoms with Crippen LogP contribution in [0.1, 0.15) is 18.5 Å². The molecule has 1 aliphatic rings. The second-order valence-electron chi connectivity index (χ2n) is 4.11. The first kappa shape index (κ1) is 10.4. The predicted octanol–water partition coefficient (Wildman–Crippen LogP) is 1.77. The van der Waals surface area contributed by atoms with Crippen LogP contribution in [0.15, 0.2) is 18.3 Å². The number of hydrogen-bond acceptors (Lipinski definition) is 3. The normalized spacial score (nSPS) is 21.3. The second-order valence-corrected chi connectivity index (χ2v) is 4.11. The van der Waals surface area contributed by atoms with Crippen LogP contribution >= 0.6 is 0 Å². The summed E-state index contributed by atoms with van der Waals surface area (Å²) in [5.74, 6) is 1.57. The predicted molar refractivity (Wildman–Crippen MR) is 60.1 cm³/mol. The van der Waals surface area contributed by atoms with Crippen LogP contribution in [0.4, 0.5) is 0 Å². The molecule has 2 rings (SSSR count). The van der Waals surface area contributed by atoms with Gasteiger partial charge in [-0.15, -0.1) is 0 Å². The van der Waals surface area contributed by atoms with E-state index in [1.54, 1.807) is 6.20 Å². The molecule has 15 heavy (non-hydrogen) atoms. The van der Waals surface area contributed by atoms with Crippen LogP contribution in [0.5, 0.6) is 5.75 Å². The molecule has 1 aliphatic heterocycles. The maximum atomic E-state index is 5.77. The van der Waals surface area contributed by atoms with Crippen molar-refractivity contribution in [1.82, 2.24) is 10.3 Å². The van der Waals surface area contributed by atoms with E-state index in [0.29, 0.717) is 5.92 Å². The quantitative estimate of drug-likeness (QED) is 0.818. The Bertz CT molecular complexity index is 308. The zero-order chi connectivity index (χ0) is 10.5. The van der Waals surface area contributed by atoms with Gasteiger partial charge in [-0.05, 0) is 38.4 Å². The molecule has 0 aromatic carbocycles. The lowest BCUT2D eigenvalue weighted by Crippen LogP contribution is -2.33. The number of nitrogens with one attached hydrogen (secondary N) is 1. The topological polar surface area (TPSA) is 34.1 Å². The highest BCUT2D eigenvalue weighted by Crippen LogP contribution is 2.17. The van der Waals surface area contributed by atoms with Gasteiger partial charge in [0.05, 0.1) is 12.3 Å². The monoisotopic (exact) mass is 206 g/mol. The van der Waals surface area contributed by atoms with Gasteiger partial charge in [0.1, 0.15) is 5.75 Å². The van der Waals surface area contributed by atoms with Crippen molar-refractivity contribution in [3.05, 3.63) is 24.0 Å². The third-order valence-electron chi connectivity index (χ3n) is 2.83. The number of hydrogen-bond donors (Lipinski definition) is 1. The highest BCUT2D eigenvalue weighted by atomic mass is 16.5. The molecule has 0 radical (unpaired) electrons. The van der Waals surface area contributed by atoms with Gasteiger partial charge in [0.25, 0.3) is 0 Å². The Morgan fingerprint density at radius 3 is 3.27 bits per heavy atom. The minimum atomic E-state index is 0.651. The summed E-state index contributed by atoms with van der Waals surface area (Å²) in [7, 11) is 0. The lowest BCUT2D eigenvalue weighted by Gasteiger charge is -2.22. The van der Waals surface area contributed by atoms with Gasteiger partial charge >= 0.3 is 0 Å². The maximum Gasteiger partial charge on any atom is 0.140 e. The van der Waals surface area contributed by atoms with Crippen molar-refractivity contribution in [3.8, 4) is 5.75 Å². The molecule has 3 heteroatoms. The third-order valence-corrected chi connectivity index (χ3v) is 2.83. The van der Waals surface area contributed by atoms with Gasteiger partial charge in [-0.25, -0.2) is 0 Å². The van der Waals surface area contributed by atoms with Crippen LogP contribution in [0.25, 0.3) is 0 Å². The lowest BCUT2D eigenvalue weighted by atomic mass is 10.0. The number of piperidine rings is 1. The molecular formula is C12H18N2O. The highest BCUT2D eigenvalue weighted by molar-refractivity contribution is 5.25. The molecule has 0 aliphatic carbocycles. The zero-order valence-corrected chi connectivity index (χ0v) is 9.20. The largest absolute Gasteiger partial charge is 0.491 e. The van der Waals surface area contributed by atoms with E-state index >= 15 is 0 Å². The Morgan fingerprint density at radius 2 is 2.53 bits per heavy atom. The minimum absolute atomic E-state index is 0.651. The van der Waals surface area contributed by atoms with Gasteiger partial charge in [0.15, 0.2) is 0 Å². The average Bonchev–Trinajstić information content (AvgIpc) is 2.29. The summed E-state index contributed by atoms with van der Waals surface area (Å²) in [5.41, 5.74) is 0.973. The first-order valence-electron chi connectivity index (χ1n) is 5.61. The second kappa shape index (κ2) is 5.12. The van der Waals surface area contributed by atoms with Gasteiger partial charge in [-0.2, -0.15) is 0 Å². The molecule has 1 aromatic rings. The molecule has 2 heterocycles. The molecule has 0 bridgehead atoms. The summed E-state index contributed by atoms with van der Waals surface area (Å²) in [6, 6.07) is 3.90. The molecular weight excluding hydrogens is 188 g/mol. The molecule has 0 spiro atoms. The highest BCUT2D eigenvalue weighted by Gasteiger charge is 2.13. The molecule has 1 N–H and O–H groups in total. The van der Waals surface area contributed by atoms with Crippen molar-refractivity contribution in [2.75, 3.05) is 19.7 Å². The summed E-state index contributed by atoms with van der Waals surface area (Å²) in [5, 5.41) is 3.39. The molecule has 0 saturated carbocycles. The molecule has 3 nitrogen and oxygen atoms in total. The Balaban J connectivity index is 1.84. The Labute approximate surface area is 90.9 Å². The first-order chi connectivity index (χ1) is 7.36. The van der Waals surface area contributed by atoms with Crippen LogP contribution < -0.4 is 10.1 Å². The third kappa shape index (κ3) is 2.93. The minimum Gasteiger partial charge on any atom is -0.491 e. The number of pyridine rings is 1. The molecule has 82 valence electrons. The fourth-order valence-corrected chi connectivity index (χ4v) is 1.90. The van der Waals surface area contributed by atoms with Crippen LogP contribution in [-0.2, 0) is 0 Å². The van der Waals surface area contributed by atoms with E-state index in [1.807, 2.05) is 19.1 Å². The van der Waals surface area contributed by atoms with Crippen LogP contribution in [0.3, 0.4) is 0 Å². The smallest absolute Gasteiger partial charge is 0.140 e. The molecule has 1 atom stereocenters. The van der Waals surface area contributed by atoms with Crippen LogP contribution in [-0.4, -0.2) is 24.7 Å². The number of aryl methyl sites for hydroxylation is 1. The number of aromatic nitrogens is 1. The van der Waals surface area contributed by atoms with Crippen molar-refractivity contribution in [3.63, 3.8) is 0 Å². The van der Waals surface area contributed by atoms with Crippen molar-refractivity contribution < 1.29 is 4.74 Å². The average molecular weight is 206 g/mol. The van der Waals surface area contributed by atoms with E-state index in [1.165, 1.54) is 12.8 Å². The summed E-state index contributed by atoms with van der Waals surface area (Å²) >= 11 is 0. The lowest BCUT2D eigenvalue weighted by molar-refractivity contribution is 0.217. The van der Waals surface area contributed by atoms with E-state index in [-0.39, 0.29) is 0 Å². The van der Waals surface area contributed by atoms with Gasteiger partial charge in [0, 0.05) is 18.7 Å². The molecule has 0 amide bonds. The molecule has 0 unspecified atom stereocenters. The van der Waals surface area contributed by atoms with Crippen molar-refractivity contribution in [2.45, 2.75) is 19.8 Å². The van der Waals surface area contributed by atoms with Crippen LogP contribution in [0, 0.1) is 12.8 Å². The van der Waals surface area contributed by atoms with Crippen molar-refractivity contribution in [1.29, 1.82) is 0 Å². The maximum absolute atomic E-state index is 5.77. The van der Waals surface area contributed by atoms with Crippen molar-refractivity contribution in [2.24, 2.45) is 5.92 Å². The van der Waals surface area contributed by atoms with Gasteiger partial charge < -0.3 is 10.1 Å². The van der Waals surface area contributed by atoms with Gasteiger partial charge in [-0.1, -0.05) is 0 Å². The van der Waals surface area contributed by atoms with Crippen LogP contribution in [0.2, 0.25) is 0 Å². The van der Waals surface area contributed by atoms with Gasteiger partial charge in [0.2, 0.25) is 0 Å².